The summed E-state index contributed by atoms with van der Waals surface area (Å²) in [5.74, 6) is 0.0330. The quantitative estimate of drug-likeness (QED) is 0.639. The summed E-state index contributed by atoms with van der Waals surface area (Å²) in [7, 11) is -2.49. The van der Waals surface area contributed by atoms with Crippen molar-refractivity contribution in [3.8, 4) is 5.75 Å². The van der Waals surface area contributed by atoms with Crippen molar-refractivity contribution in [3.05, 3.63) is 28.3 Å². The summed E-state index contributed by atoms with van der Waals surface area (Å²) in [5, 5.41) is 14.3. The maximum Gasteiger partial charge on any atom is 0.312 e. The van der Waals surface area contributed by atoms with Crippen LogP contribution in [-0.4, -0.2) is 49.9 Å². The van der Waals surface area contributed by atoms with Gasteiger partial charge in [0.05, 0.1) is 16.9 Å². The highest BCUT2D eigenvalue weighted by Gasteiger charge is 2.35. The fourth-order valence-electron chi connectivity index (χ4n) is 2.47. The lowest BCUT2D eigenvalue weighted by Crippen LogP contribution is -2.57. The molecule has 0 aromatic heterocycles. The van der Waals surface area contributed by atoms with Crippen molar-refractivity contribution in [2.45, 2.75) is 30.8 Å². The number of sulfonamides is 1. The van der Waals surface area contributed by atoms with E-state index < -0.39 is 14.9 Å². The molecule has 1 aromatic rings. The highest BCUT2D eigenvalue weighted by molar-refractivity contribution is 7.89. The molecule has 0 saturated carbocycles. The van der Waals surface area contributed by atoms with Crippen molar-refractivity contribution < 1.29 is 18.1 Å². The van der Waals surface area contributed by atoms with Crippen molar-refractivity contribution >= 4 is 28.1 Å². The Morgan fingerprint density at radius 3 is 2.61 bits per heavy atom. The van der Waals surface area contributed by atoms with E-state index in [1.807, 2.05) is 13.8 Å². The fourth-order valence-corrected chi connectivity index (χ4v) is 4.20. The zero-order chi connectivity index (χ0) is 16.5. The molecule has 0 amide bonds. The first-order chi connectivity index (χ1) is 10.3. The number of nitrogens with zero attached hydrogens (tertiary/aromatic N) is 2. The second-order valence-corrected chi connectivity index (χ2v) is 7.08. The number of methoxy groups -OCH3 is 1. The lowest BCUT2D eigenvalue weighted by molar-refractivity contribution is -0.386. The second kappa shape index (κ2) is 7.43. The van der Waals surface area contributed by atoms with Gasteiger partial charge in [-0.05, 0) is 26.0 Å². The summed E-state index contributed by atoms with van der Waals surface area (Å²) in [5.41, 5.74) is -0.362. The molecule has 1 aromatic carbocycles. The Morgan fingerprint density at radius 1 is 1.39 bits per heavy atom. The Balaban J connectivity index is 0.00000264. The molecule has 0 spiro atoms. The van der Waals surface area contributed by atoms with Gasteiger partial charge in [-0.15, -0.1) is 12.4 Å². The van der Waals surface area contributed by atoms with Gasteiger partial charge in [-0.1, -0.05) is 0 Å². The molecule has 8 nitrogen and oxygen atoms in total. The topological polar surface area (TPSA) is 102 Å². The smallest absolute Gasteiger partial charge is 0.312 e. The van der Waals surface area contributed by atoms with E-state index in [1.54, 1.807) is 0 Å². The first kappa shape index (κ1) is 19.6. The maximum atomic E-state index is 12.8. The molecule has 2 unspecified atom stereocenters. The first-order valence-corrected chi connectivity index (χ1v) is 8.30. The lowest BCUT2D eigenvalue weighted by atomic mass is 10.1. The molecule has 1 aliphatic heterocycles. The van der Waals surface area contributed by atoms with Crippen LogP contribution >= 0.6 is 12.4 Å². The number of halogens is 1. The van der Waals surface area contributed by atoms with E-state index in [0.717, 1.165) is 6.07 Å². The molecular weight excluding hydrogens is 346 g/mol. The SMILES string of the molecule is COc1ccc(S(=O)(=O)N2CCNC(C)C2C)cc1[N+](=O)[O-].Cl. The first-order valence-electron chi connectivity index (χ1n) is 6.86. The molecule has 1 aliphatic rings. The highest BCUT2D eigenvalue weighted by atomic mass is 35.5. The Kier molecular flexibility index (Phi) is 6.34. The third-order valence-electron chi connectivity index (χ3n) is 3.93. The summed E-state index contributed by atoms with van der Waals surface area (Å²) in [6.07, 6.45) is 0. The van der Waals surface area contributed by atoms with Crippen LogP contribution in [0.1, 0.15) is 13.8 Å². The molecule has 0 radical (unpaired) electrons. The van der Waals surface area contributed by atoms with Crippen LogP contribution in [0.15, 0.2) is 23.1 Å². The van der Waals surface area contributed by atoms with Gasteiger partial charge in [0.2, 0.25) is 10.0 Å². The van der Waals surface area contributed by atoms with Gasteiger partial charge in [0, 0.05) is 31.2 Å². The molecule has 1 heterocycles. The molecule has 10 heteroatoms. The summed E-state index contributed by atoms with van der Waals surface area (Å²) >= 11 is 0. The van der Waals surface area contributed by atoms with E-state index in [2.05, 4.69) is 5.32 Å². The molecule has 1 fully saturated rings. The number of benzene rings is 1. The summed E-state index contributed by atoms with van der Waals surface area (Å²) in [4.78, 5) is 10.3. The van der Waals surface area contributed by atoms with E-state index in [9.17, 15) is 18.5 Å². The second-order valence-electron chi connectivity index (χ2n) is 5.19. The van der Waals surface area contributed by atoms with Crippen molar-refractivity contribution in [2.75, 3.05) is 20.2 Å². The number of nitro groups is 1. The lowest BCUT2D eigenvalue weighted by Gasteiger charge is -2.37. The molecule has 1 N–H and O–H groups in total. The highest BCUT2D eigenvalue weighted by Crippen LogP contribution is 2.31. The number of nitrogens with one attached hydrogen (secondary N) is 1. The van der Waals surface area contributed by atoms with Crippen LogP contribution in [0, 0.1) is 10.1 Å². The predicted octanol–water partition coefficient (Wildman–Crippen LogP) is 1.40. The number of rotatable bonds is 4. The maximum absolute atomic E-state index is 12.8. The Labute approximate surface area is 141 Å². The van der Waals surface area contributed by atoms with Crippen molar-refractivity contribution in [1.82, 2.24) is 9.62 Å². The summed E-state index contributed by atoms with van der Waals surface area (Å²) in [6, 6.07) is 3.46. The monoisotopic (exact) mass is 365 g/mol. The molecular formula is C13H20ClN3O5S. The molecule has 0 aliphatic carbocycles. The van der Waals surface area contributed by atoms with E-state index >= 15 is 0 Å². The van der Waals surface area contributed by atoms with Crippen LogP contribution in [0.4, 0.5) is 5.69 Å². The summed E-state index contributed by atoms with van der Waals surface area (Å²) in [6.45, 7) is 4.59. The molecule has 130 valence electrons. The van der Waals surface area contributed by atoms with Gasteiger partial charge in [0.1, 0.15) is 0 Å². The predicted molar refractivity (Wildman–Crippen MR) is 87.7 cm³/mol. The van der Waals surface area contributed by atoms with Gasteiger partial charge in [-0.25, -0.2) is 8.42 Å². The van der Waals surface area contributed by atoms with Gasteiger partial charge in [0.15, 0.2) is 5.75 Å². The average Bonchev–Trinajstić information content (AvgIpc) is 2.49. The molecule has 2 atom stereocenters. The Morgan fingerprint density at radius 2 is 2.04 bits per heavy atom. The van der Waals surface area contributed by atoms with E-state index in [-0.39, 0.29) is 40.8 Å². The Hall–Kier alpha value is -1.42. The van der Waals surface area contributed by atoms with E-state index in [1.165, 1.54) is 23.5 Å². The minimum absolute atomic E-state index is 0. The van der Waals surface area contributed by atoms with Gasteiger partial charge in [-0.3, -0.25) is 10.1 Å². The standard InChI is InChI=1S/C13H19N3O5S.ClH/c1-9-10(2)15(7-6-14-9)22(19,20)11-4-5-13(21-3)12(8-11)16(17)18;/h4-5,8-10,14H,6-7H2,1-3H3;1H. The molecule has 0 bridgehead atoms. The number of piperazine rings is 1. The van der Waals surface area contributed by atoms with Crippen LogP contribution in [-0.2, 0) is 10.0 Å². The number of nitro benzene ring substituents is 1. The molecule has 1 saturated heterocycles. The van der Waals surface area contributed by atoms with Crippen LogP contribution in [0.5, 0.6) is 5.75 Å². The Bertz CT molecular complexity index is 682. The third kappa shape index (κ3) is 3.74. The van der Waals surface area contributed by atoms with Gasteiger partial charge in [-0.2, -0.15) is 4.31 Å². The van der Waals surface area contributed by atoms with Gasteiger partial charge in [0.25, 0.3) is 0 Å². The molecule has 23 heavy (non-hydrogen) atoms. The normalized spacial score (nSPS) is 22.2. The third-order valence-corrected chi connectivity index (χ3v) is 5.91. The van der Waals surface area contributed by atoms with Crippen molar-refractivity contribution in [1.29, 1.82) is 0 Å². The van der Waals surface area contributed by atoms with Gasteiger partial charge < -0.3 is 10.1 Å². The minimum Gasteiger partial charge on any atom is -0.490 e. The van der Waals surface area contributed by atoms with Crippen molar-refractivity contribution in [2.24, 2.45) is 0 Å². The van der Waals surface area contributed by atoms with Crippen LogP contribution in [0.3, 0.4) is 0 Å². The fraction of sp³-hybridized carbons (Fsp3) is 0.538. The zero-order valence-electron chi connectivity index (χ0n) is 13.1. The minimum atomic E-state index is -3.79. The van der Waals surface area contributed by atoms with Crippen molar-refractivity contribution in [3.63, 3.8) is 0 Å². The summed E-state index contributed by atoms with van der Waals surface area (Å²) < 4.78 is 31.8. The van der Waals surface area contributed by atoms with E-state index in [0.29, 0.717) is 13.1 Å². The number of hydrogen-bond donors (Lipinski definition) is 1. The molecule has 2 rings (SSSR count). The van der Waals surface area contributed by atoms with E-state index in [4.69, 9.17) is 4.74 Å². The number of hydrogen-bond acceptors (Lipinski definition) is 6. The average molecular weight is 366 g/mol. The number of ether oxygens (including phenoxy) is 1. The van der Waals surface area contributed by atoms with Crippen LogP contribution in [0.25, 0.3) is 0 Å². The zero-order valence-corrected chi connectivity index (χ0v) is 14.7. The van der Waals surface area contributed by atoms with Gasteiger partial charge >= 0.3 is 5.69 Å². The largest absolute Gasteiger partial charge is 0.490 e. The van der Waals surface area contributed by atoms with Crippen LogP contribution in [0.2, 0.25) is 0 Å². The van der Waals surface area contributed by atoms with Crippen LogP contribution < -0.4 is 10.1 Å².